The lowest BCUT2D eigenvalue weighted by atomic mass is 10.3. The fraction of sp³-hybridized carbons (Fsp3) is 0. The van der Waals surface area contributed by atoms with E-state index < -0.39 is 4.92 Å². The minimum absolute atomic E-state index is 0.0115. The molecule has 0 atom stereocenters. The van der Waals surface area contributed by atoms with Crippen molar-refractivity contribution in [3.8, 4) is 11.8 Å². The van der Waals surface area contributed by atoms with Crippen LogP contribution in [0.3, 0.4) is 0 Å². The molecular formula is C10H6BrClN4O3. The van der Waals surface area contributed by atoms with Crippen molar-refractivity contribution in [2.45, 2.75) is 0 Å². The molecule has 0 aliphatic heterocycles. The van der Waals surface area contributed by atoms with Gasteiger partial charge in [0, 0.05) is 18.2 Å². The van der Waals surface area contributed by atoms with Crippen molar-refractivity contribution in [3.63, 3.8) is 0 Å². The van der Waals surface area contributed by atoms with E-state index in [9.17, 15) is 10.1 Å². The first-order chi connectivity index (χ1) is 8.95. The zero-order valence-corrected chi connectivity index (χ0v) is 11.6. The predicted molar refractivity (Wildman–Crippen MR) is 72.3 cm³/mol. The first kappa shape index (κ1) is 13.5. The van der Waals surface area contributed by atoms with Crippen molar-refractivity contribution in [3.05, 3.63) is 44.0 Å². The fourth-order valence-electron chi connectivity index (χ4n) is 1.24. The number of non-ortho nitro benzene ring substituents is 1. The summed E-state index contributed by atoms with van der Waals surface area (Å²) in [5, 5.41) is 10.7. The lowest BCUT2D eigenvalue weighted by Gasteiger charge is -2.06. The number of anilines is 1. The van der Waals surface area contributed by atoms with Crippen LogP contribution in [0.1, 0.15) is 0 Å². The molecule has 1 heterocycles. The van der Waals surface area contributed by atoms with Crippen LogP contribution in [0.25, 0.3) is 0 Å². The molecule has 0 spiro atoms. The number of nitro groups is 1. The largest absolute Gasteiger partial charge is 0.423 e. The van der Waals surface area contributed by atoms with Gasteiger partial charge < -0.3 is 10.5 Å². The molecule has 0 saturated heterocycles. The van der Waals surface area contributed by atoms with E-state index in [1.807, 2.05) is 0 Å². The Labute approximate surface area is 120 Å². The molecule has 2 N–H and O–H groups in total. The molecule has 1 aromatic heterocycles. The van der Waals surface area contributed by atoms with Gasteiger partial charge in [-0.05, 0) is 22.0 Å². The molecule has 0 amide bonds. The number of nitrogens with zero attached hydrogens (tertiary/aromatic N) is 3. The molecule has 0 aliphatic rings. The Morgan fingerprint density at radius 2 is 2.11 bits per heavy atom. The first-order valence-corrected chi connectivity index (χ1v) is 6.04. The van der Waals surface area contributed by atoms with E-state index in [1.54, 1.807) is 0 Å². The number of hydrogen-bond donors (Lipinski definition) is 1. The van der Waals surface area contributed by atoms with E-state index in [2.05, 4.69) is 25.9 Å². The van der Waals surface area contributed by atoms with Crippen LogP contribution in [0.4, 0.5) is 11.5 Å². The summed E-state index contributed by atoms with van der Waals surface area (Å²) in [5.74, 6) is 0.416. The van der Waals surface area contributed by atoms with E-state index in [0.29, 0.717) is 4.60 Å². The summed E-state index contributed by atoms with van der Waals surface area (Å²) in [4.78, 5) is 17.8. The molecule has 0 radical (unpaired) electrons. The highest BCUT2D eigenvalue weighted by molar-refractivity contribution is 9.10. The second kappa shape index (κ2) is 5.37. The number of aromatic nitrogens is 2. The molecule has 2 rings (SSSR count). The average Bonchev–Trinajstić information content (AvgIpc) is 2.30. The maximum Gasteiger partial charge on any atom is 0.325 e. The summed E-state index contributed by atoms with van der Waals surface area (Å²) in [6.07, 6.45) is 0. The molecule has 0 bridgehead atoms. The summed E-state index contributed by atoms with van der Waals surface area (Å²) in [7, 11) is 0. The Hall–Kier alpha value is -1.93. The average molecular weight is 346 g/mol. The van der Waals surface area contributed by atoms with Crippen LogP contribution in [-0.2, 0) is 0 Å². The molecule has 0 unspecified atom stereocenters. The van der Waals surface area contributed by atoms with Gasteiger partial charge in [-0.2, -0.15) is 9.97 Å². The molecule has 9 heteroatoms. The molecule has 0 fully saturated rings. The molecule has 2 aromatic rings. The summed E-state index contributed by atoms with van der Waals surface area (Å²) in [6.45, 7) is 0. The Bertz CT molecular complexity index is 632. The van der Waals surface area contributed by atoms with Crippen molar-refractivity contribution in [2.24, 2.45) is 0 Å². The van der Waals surface area contributed by atoms with Gasteiger partial charge in [0.05, 0.1) is 9.95 Å². The molecule has 98 valence electrons. The van der Waals surface area contributed by atoms with Crippen molar-refractivity contribution in [1.82, 2.24) is 9.97 Å². The van der Waals surface area contributed by atoms with E-state index in [4.69, 9.17) is 22.1 Å². The quantitative estimate of drug-likeness (QED) is 0.520. The molecule has 19 heavy (non-hydrogen) atoms. The third-order valence-electron chi connectivity index (χ3n) is 2.02. The van der Waals surface area contributed by atoms with Crippen LogP contribution in [0, 0.1) is 10.1 Å². The first-order valence-electron chi connectivity index (χ1n) is 4.87. The van der Waals surface area contributed by atoms with Crippen molar-refractivity contribution in [1.29, 1.82) is 0 Å². The third kappa shape index (κ3) is 3.30. The molecular weight excluding hydrogens is 339 g/mol. The minimum atomic E-state index is -0.552. The van der Waals surface area contributed by atoms with Crippen LogP contribution in [0.5, 0.6) is 11.8 Å². The van der Waals surface area contributed by atoms with Gasteiger partial charge in [-0.3, -0.25) is 10.1 Å². The zero-order chi connectivity index (χ0) is 14.0. The summed E-state index contributed by atoms with van der Waals surface area (Å²) in [5.41, 5.74) is 5.40. The van der Waals surface area contributed by atoms with Gasteiger partial charge in [-0.25, -0.2) is 0 Å². The summed E-state index contributed by atoms with van der Waals surface area (Å²) >= 11 is 9.02. The van der Waals surface area contributed by atoms with Gasteiger partial charge in [0.2, 0.25) is 0 Å². The summed E-state index contributed by atoms with van der Waals surface area (Å²) in [6, 6.07) is 5.30. The highest BCUT2D eigenvalue weighted by atomic mass is 79.9. The number of nitro benzene ring substituents is 1. The maximum atomic E-state index is 10.6. The number of rotatable bonds is 3. The van der Waals surface area contributed by atoms with Crippen LogP contribution in [0.2, 0.25) is 5.02 Å². The number of nitrogens with two attached hydrogens (primary N) is 1. The SMILES string of the molecule is Nc1cc(Br)nc(Oc2ccc([N+](=O)[O-])cc2Cl)n1. The van der Waals surface area contributed by atoms with Crippen LogP contribution in [-0.4, -0.2) is 14.9 Å². The lowest BCUT2D eigenvalue weighted by Crippen LogP contribution is -1.97. The van der Waals surface area contributed by atoms with Crippen LogP contribution in [0.15, 0.2) is 28.9 Å². The fourth-order valence-corrected chi connectivity index (χ4v) is 1.84. The number of hydrogen-bond acceptors (Lipinski definition) is 6. The Kier molecular flexibility index (Phi) is 3.82. The highest BCUT2D eigenvalue weighted by Crippen LogP contribution is 2.31. The van der Waals surface area contributed by atoms with Crippen LogP contribution >= 0.6 is 27.5 Å². The van der Waals surface area contributed by atoms with E-state index in [0.717, 1.165) is 0 Å². The van der Waals surface area contributed by atoms with Crippen molar-refractivity contribution >= 4 is 39.0 Å². The zero-order valence-electron chi connectivity index (χ0n) is 9.21. The topological polar surface area (TPSA) is 104 Å². The molecule has 0 aliphatic carbocycles. The van der Waals surface area contributed by atoms with E-state index in [-0.39, 0.29) is 28.3 Å². The van der Waals surface area contributed by atoms with E-state index >= 15 is 0 Å². The Morgan fingerprint density at radius 1 is 1.37 bits per heavy atom. The predicted octanol–water partition coefficient (Wildman–Crippen LogP) is 3.18. The van der Waals surface area contributed by atoms with Crippen LogP contribution < -0.4 is 10.5 Å². The smallest absolute Gasteiger partial charge is 0.325 e. The van der Waals surface area contributed by atoms with Gasteiger partial charge in [-0.15, -0.1) is 0 Å². The van der Waals surface area contributed by atoms with Gasteiger partial charge in [0.15, 0.2) is 0 Å². The van der Waals surface area contributed by atoms with Gasteiger partial charge in [0.25, 0.3) is 5.69 Å². The standard InChI is InChI=1S/C10H6BrClN4O3/c11-8-4-9(13)15-10(14-8)19-7-2-1-5(16(17)18)3-6(7)12/h1-4H,(H2,13,14,15). The number of halogens is 2. The number of ether oxygens (including phenoxy) is 1. The lowest BCUT2D eigenvalue weighted by molar-refractivity contribution is -0.384. The van der Waals surface area contributed by atoms with Gasteiger partial charge >= 0.3 is 6.01 Å². The van der Waals surface area contributed by atoms with Gasteiger partial charge in [-0.1, -0.05) is 11.6 Å². The number of nitrogen functional groups attached to an aromatic ring is 1. The van der Waals surface area contributed by atoms with Gasteiger partial charge in [0.1, 0.15) is 16.2 Å². The maximum absolute atomic E-state index is 10.6. The second-order valence-corrected chi connectivity index (χ2v) is 4.59. The third-order valence-corrected chi connectivity index (χ3v) is 2.72. The second-order valence-electron chi connectivity index (χ2n) is 3.37. The number of benzene rings is 1. The Balaban J connectivity index is 2.30. The normalized spacial score (nSPS) is 10.2. The van der Waals surface area contributed by atoms with E-state index in [1.165, 1.54) is 24.3 Å². The van der Waals surface area contributed by atoms with Crippen molar-refractivity contribution < 1.29 is 9.66 Å². The van der Waals surface area contributed by atoms with Crippen molar-refractivity contribution in [2.75, 3.05) is 5.73 Å². The monoisotopic (exact) mass is 344 g/mol. The highest BCUT2D eigenvalue weighted by Gasteiger charge is 2.12. The molecule has 1 aromatic carbocycles. The minimum Gasteiger partial charge on any atom is -0.423 e. The Morgan fingerprint density at radius 3 is 2.68 bits per heavy atom. The molecule has 0 saturated carbocycles. The molecule has 7 nitrogen and oxygen atoms in total. The summed E-state index contributed by atoms with van der Waals surface area (Å²) < 4.78 is 5.77.